The molecule has 3 nitrogen and oxygen atoms in total. The number of rotatable bonds is 4. The van der Waals surface area contributed by atoms with Crippen molar-refractivity contribution in [2.75, 3.05) is 6.61 Å². The number of ketones is 1. The van der Waals surface area contributed by atoms with Gasteiger partial charge < -0.3 is 10.2 Å². The molecule has 1 saturated carbocycles. The molecule has 1 aromatic rings. The van der Waals surface area contributed by atoms with Gasteiger partial charge in [-0.05, 0) is 25.8 Å². The van der Waals surface area contributed by atoms with E-state index in [1.54, 1.807) is 6.07 Å². The van der Waals surface area contributed by atoms with Crippen molar-refractivity contribution in [3.63, 3.8) is 0 Å². The zero-order valence-electron chi connectivity index (χ0n) is 10.1. The molecule has 1 aromatic carbocycles. The Kier molecular flexibility index (Phi) is 3.20. The number of benzene rings is 1. The maximum absolute atomic E-state index is 11.3. The Morgan fingerprint density at radius 1 is 1.35 bits per heavy atom. The summed E-state index contributed by atoms with van der Waals surface area (Å²) in [6, 6.07) is 5.51. The molecular formula is C14H18O3. The van der Waals surface area contributed by atoms with E-state index in [1.165, 1.54) is 0 Å². The molecule has 2 rings (SSSR count). The van der Waals surface area contributed by atoms with Crippen molar-refractivity contribution >= 4 is 5.78 Å². The zero-order valence-corrected chi connectivity index (χ0v) is 10.1. The van der Waals surface area contributed by atoms with Crippen molar-refractivity contribution in [1.29, 1.82) is 0 Å². The molecular weight excluding hydrogens is 216 g/mol. The van der Waals surface area contributed by atoms with Crippen molar-refractivity contribution in [3.05, 3.63) is 29.3 Å². The molecule has 0 aromatic heterocycles. The minimum absolute atomic E-state index is 0.127. The maximum atomic E-state index is 11.3. The summed E-state index contributed by atoms with van der Waals surface area (Å²) < 4.78 is 0. The van der Waals surface area contributed by atoms with Crippen LogP contribution in [0.2, 0.25) is 0 Å². The number of carbonyl (C=O) groups excluding carboxylic acids is 1. The molecule has 2 N–H and O–H groups in total. The van der Waals surface area contributed by atoms with Gasteiger partial charge in [0.25, 0.3) is 0 Å². The van der Waals surface area contributed by atoms with Crippen LogP contribution in [0, 0.1) is 6.92 Å². The second-order valence-electron chi connectivity index (χ2n) is 5.02. The fourth-order valence-electron chi connectivity index (χ4n) is 2.70. The van der Waals surface area contributed by atoms with Gasteiger partial charge >= 0.3 is 0 Å². The van der Waals surface area contributed by atoms with Crippen LogP contribution in [0.5, 0.6) is 5.75 Å². The molecule has 0 aliphatic heterocycles. The lowest BCUT2D eigenvalue weighted by atomic mass is 9.61. The van der Waals surface area contributed by atoms with Crippen LogP contribution in [0.4, 0.5) is 0 Å². The van der Waals surface area contributed by atoms with Gasteiger partial charge in [-0.15, -0.1) is 0 Å². The first-order valence-corrected chi connectivity index (χ1v) is 6.00. The topological polar surface area (TPSA) is 57.5 Å². The largest absolute Gasteiger partial charge is 0.508 e. The number of hydrogen-bond donors (Lipinski definition) is 2. The molecule has 0 heterocycles. The molecule has 0 bridgehead atoms. The van der Waals surface area contributed by atoms with Gasteiger partial charge in [0, 0.05) is 30.4 Å². The number of carbonyl (C=O) groups is 1. The maximum Gasteiger partial charge on any atom is 0.134 e. The molecule has 1 aliphatic rings. The number of phenolic OH excluding ortho intramolecular Hbond substituents is 1. The van der Waals surface area contributed by atoms with Crippen LogP contribution >= 0.6 is 0 Å². The van der Waals surface area contributed by atoms with Crippen LogP contribution in [-0.2, 0) is 10.2 Å². The number of aryl methyl sites for hydroxylation is 1. The summed E-state index contributed by atoms with van der Waals surface area (Å²) >= 11 is 0. The third-order valence-electron chi connectivity index (χ3n) is 3.61. The summed E-state index contributed by atoms with van der Waals surface area (Å²) in [5, 5.41) is 18.9. The van der Waals surface area contributed by atoms with Crippen molar-refractivity contribution in [3.8, 4) is 5.75 Å². The fraction of sp³-hybridized carbons (Fsp3) is 0.500. The molecule has 0 unspecified atom stereocenters. The van der Waals surface area contributed by atoms with Gasteiger partial charge in [-0.25, -0.2) is 0 Å². The Labute approximate surface area is 101 Å². The van der Waals surface area contributed by atoms with Gasteiger partial charge in [0.05, 0.1) is 0 Å². The van der Waals surface area contributed by atoms with E-state index in [9.17, 15) is 9.90 Å². The van der Waals surface area contributed by atoms with Crippen LogP contribution in [0.15, 0.2) is 18.2 Å². The minimum atomic E-state index is -0.240. The monoisotopic (exact) mass is 234 g/mol. The molecule has 0 amide bonds. The predicted octanol–water partition coefficient (Wildman–Crippen LogP) is 2.07. The lowest BCUT2D eigenvalue weighted by molar-refractivity contribution is -0.128. The van der Waals surface area contributed by atoms with Crippen molar-refractivity contribution in [2.24, 2.45) is 0 Å². The summed E-state index contributed by atoms with van der Waals surface area (Å²) in [7, 11) is 0. The minimum Gasteiger partial charge on any atom is -0.508 e. The molecule has 0 radical (unpaired) electrons. The van der Waals surface area contributed by atoms with E-state index in [0.717, 1.165) is 17.5 Å². The quantitative estimate of drug-likeness (QED) is 0.838. The first-order valence-electron chi connectivity index (χ1n) is 6.00. The highest BCUT2D eigenvalue weighted by molar-refractivity contribution is 5.89. The zero-order chi connectivity index (χ0) is 12.5. The summed E-state index contributed by atoms with van der Waals surface area (Å²) in [6.07, 6.45) is 2.40. The van der Waals surface area contributed by atoms with E-state index in [2.05, 4.69) is 0 Å². The van der Waals surface area contributed by atoms with E-state index < -0.39 is 0 Å². The van der Waals surface area contributed by atoms with E-state index in [-0.39, 0.29) is 23.6 Å². The van der Waals surface area contributed by atoms with Gasteiger partial charge in [-0.2, -0.15) is 0 Å². The third kappa shape index (κ3) is 2.20. The first-order chi connectivity index (χ1) is 8.07. The highest BCUT2D eigenvalue weighted by atomic mass is 16.3. The summed E-state index contributed by atoms with van der Waals surface area (Å²) in [6.45, 7) is 2.10. The Morgan fingerprint density at radius 2 is 2.06 bits per heavy atom. The van der Waals surface area contributed by atoms with Crippen molar-refractivity contribution in [2.45, 2.75) is 38.0 Å². The Balaban J connectivity index is 2.32. The highest BCUT2D eigenvalue weighted by Gasteiger charge is 2.45. The summed E-state index contributed by atoms with van der Waals surface area (Å²) in [5.74, 6) is 0.505. The standard InChI is InChI=1S/C14H18O3/c1-10-3-4-13(17)12(7-10)14(5-2-6-15)8-11(16)9-14/h3-4,7,15,17H,2,5-6,8-9H2,1H3. The Bertz CT molecular complexity index is 429. The molecule has 3 heteroatoms. The molecule has 92 valence electrons. The molecule has 17 heavy (non-hydrogen) atoms. The van der Waals surface area contributed by atoms with Crippen LogP contribution in [-0.4, -0.2) is 22.6 Å². The van der Waals surface area contributed by atoms with Crippen LogP contribution in [0.25, 0.3) is 0 Å². The van der Waals surface area contributed by atoms with Gasteiger partial charge in [-0.3, -0.25) is 4.79 Å². The van der Waals surface area contributed by atoms with E-state index in [1.807, 2.05) is 19.1 Å². The molecule has 0 spiro atoms. The van der Waals surface area contributed by atoms with E-state index >= 15 is 0 Å². The Hall–Kier alpha value is -1.35. The molecule has 1 fully saturated rings. The third-order valence-corrected chi connectivity index (χ3v) is 3.61. The second kappa shape index (κ2) is 4.49. The molecule has 0 atom stereocenters. The number of aliphatic hydroxyl groups excluding tert-OH is 1. The lowest BCUT2D eigenvalue weighted by Crippen LogP contribution is -2.42. The lowest BCUT2D eigenvalue weighted by Gasteiger charge is -2.41. The van der Waals surface area contributed by atoms with Gasteiger partial charge in [0.1, 0.15) is 11.5 Å². The Morgan fingerprint density at radius 3 is 2.65 bits per heavy atom. The van der Waals surface area contributed by atoms with Gasteiger partial charge in [-0.1, -0.05) is 17.7 Å². The number of aliphatic hydroxyl groups is 1. The summed E-state index contributed by atoms with van der Waals surface area (Å²) in [5.41, 5.74) is 1.71. The average molecular weight is 234 g/mol. The predicted molar refractivity (Wildman–Crippen MR) is 65.1 cm³/mol. The average Bonchev–Trinajstić information content (AvgIpc) is 2.26. The SMILES string of the molecule is Cc1ccc(O)c(C2(CCCO)CC(=O)C2)c1. The number of hydrogen-bond acceptors (Lipinski definition) is 3. The van der Waals surface area contributed by atoms with E-state index in [0.29, 0.717) is 19.3 Å². The second-order valence-corrected chi connectivity index (χ2v) is 5.02. The van der Waals surface area contributed by atoms with Crippen molar-refractivity contribution < 1.29 is 15.0 Å². The fourth-order valence-corrected chi connectivity index (χ4v) is 2.70. The van der Waals surface area contributed by atoms with Crippen LogP contribution in [0.3, 0.4) is 0 Å². The van der Waals surface area contributed by atoms with Gasteiger partial charge in [0.15, 0.2) is 0 Å². The normalized spacial score (nSPS) is 17.9. The first kappa shape index (κ1) is 12.1. The molecule has 0 saturated heterocycles. The highest BCUT2D eigenvalue weighted by Crippen LogP contribution is 2.48. The molecule has 1 aliphatic carbocycles. The van der Waals surface area contributed by atoms with Crippen LogP contribution < -0.4 is 0 Å². The van der Waals surface area contributed by atoms with E-state index in [4.69, 9.17) is 5.11 Å². The van der Waals surface area contributed by atoms with Crippen LogP contribution in [0.1, 0.15) is 36.8 Å². The van der Waals surface area contributed by atoms with Crippen molar-refractivity contribution in [1.82, 2.24) is 0 Å². The number of phenols is 1. The number of Topliss-reactive ketones (excluding diaryl/α,β-unsaturated/α-hetero) is 1. The van der Waals surface area contributed by atoms with Gasteiger partial charge in [0.2, 0.25) is 0 Å². The smallest absolute Gasteiger partial charge is 0.134 e. The summed E-state index contributed by atoms with van der Waals surface area (Å²) in [4.78, 5) is 11.3. The number of aromatic hydroxyl groups is 1.